The molecule has 9 nitrogen and oxygen atoms in total. The molecule has 0 radical (unpaired) electrons. The third-order valence-electron chi connectivity index (χ3n) is 7.58. The molecule has 0 aromatic heterocycles. The number of hydrogen-bond acceptors (Lipinski definition) is 8. The first kappa shape index (κ1) is 26.3. The number of fused-ring (bicyclic) bond motifs is 1. The zero-order valence-corrected chi connectivity index (χ0v) is 22.9. The van der Waals surface area contributed by atoms with E-state index in [2.05, 4.69) is 4.90 Å². The summed E-state index contributed by atoms with van der Waals surface area (Å²) in [5.74, 6) is 1.83. The second-order valence-electron chi connectivity index (χ2n) is 9.83. The van der Waals surface area contributed by atoms with E-state index in [1.807, 2.05) is 6.92 Å². The summed E-state index contributed by atoms with van der Waals surface area (Å²) >= 11 is 0. The summed E-state index contributed by atoms with van der Waals surface area (Å²) in [7, 11) is -6.81. The number of likely N-dealkylation sites (tertiary alicyclic amines) is 1. The molecule has 2 aromatic rings. The van der Waals surface area contributed by atoms with Crippen LogP contribution >= 0.6 is 0 Å². The van der Waals surface area contributed by atoms with Crippen LogP contribution in [0.25, 0.3) is 0 Å². The van der Waals surface area contributed by atoms with Gasteiger partial charge in [-0.05, 0) is 75.4 Å². The minimum absolute atomic E-state index is 0.0619. The number of rotatable bonds is 7. The number of ether oxygens (including phenoxy) is 3. The summed E-state index contributed by atoms with van der Waals surface area (Å²) in [4.78, 5) is 2.83. The van der Waals surface area contributed by atoms with Crippen molar-refractivity contribution in [1.29, 1.82) is 0 Å². The smallest absolute Gasteiger partial charge is 0.231 e. The number of benzene rings is 2. The van der Waals surface area contributed by atoms with Crippen LogP contribution in [0.2, 0.25) is 0 Å². The van der Waals surface area contributed by atoms with Crippen LogP contribution in [0, 0.1) is 6.92 Å². The van der Waals surface area contributed by atoms with E-state index < -0.39 is 19.9 Å². The van der Waals surface area contributed by atoms with Gasteiger partial charge in [0.25, 0.3) is 0 Å². The second kappa shape index (κ2) is 10.4. The lowest BCUT2D eigenvalue weighted by Gasteiger charge is -2.41. The first-order valence-corrected chi connectivity index (χ1v) is 15.9. The maximum Gasteiger partial charge on any atom is 0.231 e. The minimum Gasteiger partial charge on any atom is -0.490 e. The highest BCUT2D eigenvalue weighted by atomic mass is 32.2. The lowest BCUT2D eigenvalue weighted by molar-refractivity contribution is 0.0582. The van der Waals surface area contributed by atoms with E-state index in [9.17, 15) is 16.8 Å². The van der Waals surface area contributed by atoms with Crippen molar-refractivity contribution in [3.8, 4) is 17.2 Å². The monoisotopic (exact) mass is 550 g/mol. The molecule has 0 unspecified atom stereocenters. The molecule has 11 heteroatoms. The molecule has 0 atom stereocenters. The van der Waals surface area contributed by atoms with Crippen LogP contribution in [0.15, 0.2) is 46.2 Å². The standard InChI is InChI=1S/C26H34N2O7S2/c1-3-36(29,30)28-14-8-20(9-15-28)27-12-10-21(11-13-27)35-24-6-4-22(16-19(24)2)37(31,32)23-5-7-25-26(17-23)34-18-33-25/h4-7,16-17,20-21H,3,8-15,18H2,1-2H3. The van der Waals surface area contributed by atoms with Gasteiger partial charge in [-0.15, -0.1) is 0 Å². The fourth-order valence-electron chi connectivity index (χ4n) is 5.31. The van der Waals surface area contributed by atoms with Crippen molar-refractivity contribution in [3.05, 3.63) is 42.0 Å². The third kappa shape index (κ3) is 5.45. The van der Waals surface area contributed by atoms with Gasteiger partial charge in [0, 0.05) is 38.3 Å². The molecule has 3 aliphatic rings. The lowest BCUT2D eigenvalue weighted by atomic mass is 10.00. The second-order valence-corrected chi connectivity index (χ2v) is 14.0. The topological polar surface area (TPSA) is 102 Å². The normalized spacial score (nSPS) is 20.3. The number of aryl methyl sites for hydroxylation is 1. The highest BCUT2D eigenvalue weighted by Gasteiger charge is 2.32. The Labute approximate surface area is 219 Å². The number of piperidine rings is 2. The maximum atomic E-state index is 13.2. The molecule has 2 aromatic carbocycles. The van der Waals surface area contributed by atoms with Crippen LogP contribution < -0.4 is 14.2 Å². The quantitative estimate of drug-likeness (QED) is 0.518. The largest absolute Gasteiger partial charge is 0.490 e. The fraction of sp³-hybridized carbons (Fsp3) is 0.538. The molecule has 3 aliphatic heterocycles. The molecule has 0 amide bonds. The summed E-state index contributed by atoms with van der Waals surface area (Å²) in [5.41, 5.74) is 0.772. The van der Waals surface area contributed by atoms with E-state index in [4.69, 9.17) is 14.2 Å². The Balaban J connectivity index is 1.17. The number of sulfonamides is 1. The molecule has 5 rings (SSSR count). The molecule has 0 aliphatic carbocycles. The van der Waals surface area contributed by atoms with Crippen LogP contribution in [-0.2, 0) is 19.9 Å². The molecule has 2 fully saturated rings. The molecular weight excluding hydrogens is 516 g/mol. The van der Waals surface area contributed by atoms with Crippen LogP contribution in [0.5, 0.6) is 17.2 Å². The molecule has 37 heavy (non-hydrogen) atoms. The predicted molar refractivity (Wildman–Crippen MR) is 138 cm³/mol. The van der Waals surface area contributed by atoms with E-state index in [1.165, 1.54) is 12.1 Å². The van der Waals surface area contributed by atoms with Gasteiger partial charge in [-0.2, -0.15) is 0 Å². The van der Waals surface area contributed by atoms with Gasteiger partial charge in [0.1, 0.15) is 11.9 Å². The maximum absolute atomic E-state index is 13.2. The fourth-order valence-corrected chi connectivity index (χ4v) is 7.80. The van der Waals surface area contributed by atoms with E-state index in [0.717, 1.165) is 44.3 Å². The highest BCUT2D eigenvalue weighted by Crippen LogP contribution is 2.36. The first-order valence-electron chi connectivity index (χ1n) is 12.8. The first-order chi connectivity index (χ1) is 17.7. The van der Waals surface area contributed by atoms with Gasteiger partial charge in [-0.25, -0.2) is 21.1 Å². The van der Waals surface area contributed by atoms with E-state index in [1.54, 1.807) is 35.5 Å². The van der Waals surface area contributed by atoms with Gasteiger partial charge in [-0.1, -0.05) is 0 Å². The summed E-state index contributed by atoms with van der Waals surface area (Å²) in [6.07, 6.45) is 3.55. The Hall–Kier alpha value is -2.34. The minimum atomic E-state index is -3.71. The van der Waals surface area contributed by atoms with Gasteiger partial charge in [0.2, 0.25) is 26.7 Å². The zero-order chi connectivity index (χ0) is 26.2. The van der Waals surface area contributed by atoms with Crippen molar-refractivity contribution in [2.45, 2.75) is 61.5 Å². The SMILES string of the molecule is CCS(=O)(=O)N1CCC(N2CCC(Oc3ccc(S(=O)(=O)c4ccc5c(c4)OCO5)cc3C)CC2)CC1. The Kier molecular flexibility index (Phi) is 7.41. The van der Waals surface area contributed by atoms with Crippen molar-refractivity contribution in [2.24, 2.45) is 0 Å². The van der Waals surface area contributed by atoms with Crippen LogP contribution in [0.3, 0.4) is 0 Å². The van der Waals surface area contributed by atoms with Crippen LogP contribution in [0.4, 0.5) is 0 Å². The molecule has 2 saturated heterocycles. The van der Waals surface area contributed by atoms with Crippen molar-refractivity contribution in [3.63, 3.8) is 0 Å². The zero-order valence-electron chi connectivity index (χ0n) is 21.3. The summed E-state index contributed by atoms with van der Waals surface area (Å²) < 4.78 is 69.1. The lowest BCUT2D eigenvalue weighted by Crippen LogP contribution is -2.50. The Morgan fingerprint density at radius 1 is 0.865 bits per heavy atom. The van der Waals surface area contributed by atoms with E-state index in [-0.39, 0.29) is 28.4 Å². The van der Waals surface area contributed by atoms with Crippen molar-refractivity contribution in [1.82, 2.24) is 9.21 Å². The predicted octanol–water partition coefficient (Wildman–Crippen LogP) is 3.21. The van der Waals surface area contributed by atoms with Gasteiger partial charge in [0.05, 0.1) is 15.5 Å². The Morgan fingerprint density at radius 2 is 1.51 bits per heavy atom. The average Bonchev–Trinajstić information content (AvgIpc) is 3.38. The van der Waals surface area contributed by atoms with Crippen molar-refractivity contribution < 1.29 is 31.0 Å². The van der Waals surface area contributed by atoms with Crippen molar-refractivity contribution >= 4 is 19.9 Å². The van der Waals surface area contributed by atoms with E-state index >= 15 is 0 Å². The van der Waals surface area contributed by atoms with Gasteiger partial charge in [-0.3, -0.25) is 0 Å². The number of sulfone groups is 1. The van der Waals surface area contributed by atoms with Gasteiger partial charge < -0.3 is 19.1 Å². The van der Waals surface area contributed by atoms with Gasteiger partial charge in [0.15, 0.2) is 11.5 Å². The third-order valence-corrected chi connectivity index (χ3v) is 11.2. The number of hydrogen-bond donors (Lipinski definition) is 0. The Bertz CT molecular complexity index is 1340. The molecule has 3 heterocycles. The van der Waals surface area contributed by atoms with Crippen LogP contribution in [-0.4, -0.2) is 76.9 Å². The molecule has 0 bridgehead atoms. The highest BCUT2D eigenvalue weighted by molar-refractivity contribution is 7.91. The van der Waals surface area contributed by atoms with E-state index in [0.29, 0.717) is 36.4 Å². The molecular formula is C26H34N2O7S2. The molecule has 0 saturated carbocycles. The molecule has 0 N–H and O–H groups in total. The van der Waals surface area contributed by atoms with Crippen LogP contribution in [0.1, 0.15) is 38.2 Å². The van der Waals surface area contributed by atoms with Crippen molar-refractivity contribution in [2.75, 3.05) is 38.7 Å². The summed E-state index contributed by atoms with van der Waals surface area (Å²) in [6.45, 7) is 6.65. The summed E-state index contributed by atoms with van der Waals surface area (Å²) in [6, 6.07) is 10.0. The van der Waals surface area contributed by atoms with Gasteiger partial charge >= 0.3 is 0 Å². The molecule has 0 spiro atoms. The Morgan fingerprint density at radius 3 is 2.19 bits per heavy atom. The number of nitrogens with zero attached hydrogens (tertiary/aromatic N) is 2. The molecule has 202 valence electrons. The summed E-state index contributed by atoms with van der Waals surface area (Å²) in [5, 5.41) is 0. The average molecular weight is 551 g/mol.